The van der Waals surface area contributed by atoms with E-state index in [0.717, 1.165) is 30.5 Å². The van der Waals surface area contributed by atoms with E-state index in [1.807, 2.05) is 49.4 Å². The Morgan fingerprint density at radius 1 is 1.09 bits per heavy atom. The van der Waals surface area contributed by atoms with Crippen LogP contribution in [-0.2, 0) is 9.53 Å². The minimum Gasteiger partial charge on any atom is -0.495 e. The lowest BCUT2D eigenvalue weighted by atomic mass is 9.95. The Kier molecular flexibility index (Phi) is 7.59. The van der Waals surface area contributed by atoms with Gasteiger partial charge >= 0.3 is 0 Å². The van der Waals surface area contributed by atoms with Crippen LogP contribution in [0, 0.1) is 5.92 Å². The maximum atomic E-state index is 13.1. The van der Waals surface area contributed by atoms with Gasteiger partial charge in [-0.3, -0.25) is 4.79 Å². The third-order valence-electron chi connectivity index (χ3n) is 6.44. The molecule has 1 amide bonds. The molecule has 3 unspecified atom stereocenters. The zero-order valence-corrected chi connectivity index (χ0v) is 20.1. The van der Waals surface area contributed by atoms with Gasteiger partial charge in [-0.1, -0.05) is 25.1 Å². The van der Waals surface area contributed by atoms with Gasteiger partial charge in [0.05, 0.1) is 32.4 Å². The largest absolute Gasteiger partial charge is 0.495 e. The van der Waals surface area contributed by atoms with Crippen molar-refractivity contribution in [3.05, 3.63) is 41.5 Å². The topological polar surface area (TPSA) is 91.9 Å². The molecule has 2 aliphatic rings. The highest BCUT2D eigenvalue weighted by molar-refractivity contribution is 5.94. The van der Waals surface area contributed by atoms with Gasteiger partial charge in [0, 0.05) is 20.0 Å². The first-order chi connectivity index (χ1) is 16.5. The van der Waals surface area contributed by atoms with Gasteiger partial charge in [0.25, 0.3) is 0 Å². The summed E-state index contributed by atoms with van der Waals surface area (Å²) in [7, 11) is 4.87. The van der Waals surface area contributed by atoms with E-state index in [1.54, 1.807) is 21.3 Å². The molecule has 2 aromatic carbocycles. The number of hydrogen-bond donors (Lipinski definition) is 2. The Balaban J connectivity index is 1.51. The van der Waals surface area contributed by atoms with E-state index >= 15 is 0 Å². The van der Waals surface area contributed by atoms with Gasteiger partial charge in [-0.25, -0.2) is 0 Å². The highest BCUT2D eigenvalue weighted by atomic mass is 16.7. The van der Waals surface area contributed by atoms with Gasteiger partial charge in [-0.05, 0) is 35.4 Å². The van der Waals surface area contributed by atoms with Crippen LogP contribution in [0.25, 0.3) is 12.2 Å². The smallest absolute Gasteiger partial charge is 0.231 e. The molecule has 1 fully saturated rings. The first kappa shape index (κ1) is 23.9. The Labute approximate surface area is 200 Å². The highest BCUT2D eigenvalue weighted by Crippen LogP contribution is 2.42. The van der Waals surface area contributed by atoms with E-state index < -0.39 is 0 Å². The Bertz CT molecular complexity index is 1050. The number of amides is 1. The molecule has 8 heteroatoms. The molecule has 0 radical (unpaired) electrons. The van der Waals surface area contributed by atoms with Gasteiger partial charge in [0.1, 0.15) is 17.9 Å². The Morgan fingerprint density at radius 2 is 1.88 bits per heavy atom. The second-order valence-corrected chi connectivity index (χ2v) is 8.56. The number of nitrogens with one attached hydrogen (secondary N) is 1. The van der Waals surface area contributed by atoms with Gasteiger partial charge in [0.15, 0.2) is 11.5 Å². The summed E-state index contributed by atoms with van der Waals surface area (Å²) in [5.41, 5.74) is 2.44. The summed E-state index contributed by atoms with van der Waals surface area (Å²) < 4.78 is 27.6. The van der Waals surface area contributed by atoms with Gasteiger partial charge in [0.2, 0.25) is 18.4 Å². The average molecular weight is 470 g/mol. The number of quaternary nitrogens is 1. The fraction of sp³-hybridized carbons (Fsp3) is 0.423. The maximum Gasteiger partial charge on any atom is 0.231 e. The third-order valence-corrected chi connectivity index (χ3v) is 6.44. The number of methoxy groups -OCH3 is 3. The molecule has 2 aromatic rings. The molecule has 1 saturated heterocycles. The summed E-state index contributed by atoms with van der Waals surface area (Å²) in [6.45, 7) is 3.18. The van der Waals surface area contributed by atoms with Gasteiger partial charge in [-0.2, -0.15) is 0 Å². The molecule has 2 aliphatic heterocycles. The number of fused-ring (bicyclic) bond motifs is 1. The lowest BCUT2D eigenvalue weighted by molar-refractivity contribution is -0.678. The fourth-order valence-electron chi connectivity index (χ4n) is 4.61. The number of ether oxygens (including phenoxy) is 5. The molecule has 4 rings (SSSR count). The molecular weight excluding hydrogens is 436 g/mol. The molecule has 0 bridgehead atoms. The number of rotatable bonds is 9. The molecule has 0 aliphatic carbocycles. The molecule has 34 heavy (non-hydrogen) atoms. The van der Waals surface area contributed by atoms with Crippen LogP contribution >= 0.6 is 0 Å². The molecule has 8 nitrogen and oxygen atoms in total. The van der Waals surface area contributed by atoms with Crippen molar-refractivity contribution < 1.29 is 33.8 Å². The Morgan fingerprint density at radius 3 is 2.59 bits per heavy atom. The molecule has 0 spiro atoms. The Hall–Kier alpha value is -3.23. The number of nitrogens with two attached hydrogens (primary N) is 1. The summed E-state index contributed by atoms with van der Waals surface area (Å²) >= 11 is 0. The number of anilines is 1. The van der Waals surface area contributed by atoms with Crippen LogP contribution in [0.1, 0.15) is 30.9 Å². The molecule has 3 atom stereocenters. The summed E-state index contributed by atoms with van der Waals surface area (Å²) in [6.07, 6.45) is 5.98. The number of benzene rings is 2. The van der Waals surface area contributed by atoms with Crippen molar-refractivity contribution in [2.45, 2.75) is 31.9 Å². The van der Waals surface area contributed by atoms with Crippen LogP contribution in [0.15, 0.2) is 30.3 Å². The summed E-state index contributed by atoms with van der Waals surface area (Å²) in [6, 6.07) is 9.78. The van der Waals surface area contributed by atoms with Gasteiger partial charge in [-0.15, -0.1) is 0 Å². The SMILES string of the molecule is COc1ccc(/C=C\c2cc(OC)c3c(c2)OCO3)cc1NC(=O)C(C)C(OC)C1CCC[NH2+]1. The minimum atomic E-state index is -0.297. The zero-order valence-electron chi connectivity index (χ0n) is 20.1. The maximum absolute atomic E-state index is 13.1. The minimum absolute atomic E-state index is 0.0907. The zero-order chi connectivity index (χ0) is 24.1. The lowest BCUT2D eigenvalue weighted by Gasteiger charge is -2.25. The van der Waals surface area contributed by atoms with Crippen molar-refractivity contribution in [3.63, 3.8) is 0 Å². The normalized spacial score (nSPS) is 18.6. The standard InChI is InChI=1S/C26H32N2O6/c1-16(24(32-4)19-6-5-11-27-19)26(29)28-20-12-17(9-10-21(20)30-2)7-8-18-13-22(31-3)25-23(14-18)33-15-34-25/h7-10,12-14,16,19,24,27H,5-6,11,15H2,1-4H3,(H,28,29)/p+1/b8-7-. The van der Waals surface area contributed by atoms with Crippen molar-refractivity contribution >= 4 is 23.7 Å². The first-order valence-corrected chi connectivity index (χ1v) is 11.5. The molecule has 182 valence electrons. The van der Waals surface area contributed by atoms with E-state index in [-0.39, 0.29) is 24.7 Å². The second-order valence-electron chi connectivity index (χ2n) is 8.56. The summed E-state index contributed by atoms with van der Waals surface area (Å²) in [5, 5.41) is 5.31. The molecule has 3 N–H and O–H groups in total. The van der Waals surface area contributed by atoms with Crippen LogP contribution < -0.4 is 29.6 Å². The van der Waals surface area contributed by atoms with Crippen LogP contribution in [-0.4, -0.2) is 52.7 Å². The number of hydrogen-bond acceptors (Lipinski definition) is 6. The quantitative estimate of drug-likeness (QED) is 0.549. The van der Waals surface area contributed by atoms with Crippen molar-refractivity contribution in [1.82, 2.24) is 0 Å². The van der Waals surface area contributed by atoms with Crippen LogP contribution in [0.4, 0.5) is 5.69 Å². The van der Waals surface area contributed by atoms with Crippen LogP contribution in [0.5, 0.6) is 23.0 Å². The lowest BCUT2D eigenvalue weighted by Crippen LogP contribution is -2.89. The third kappa shape index (κ3) is 5.13. The molecule has 0 aromatic heterocycles. The van der Waals surface area contributed by atoms with Crippen molar-refractivity contribution in [1.29, 1.82) is 0 Å². The van der Waals surface area contributed by atoms with Crippen LogP contribution in [0.3, 0.4) is 0 Å². The van der Waals surface area contributed by atoms with E-state index in [9.17, 15) is 4.79 Å². The van der Waals surface area contributed by atoms with E-state index in [1.165, 1.54) is 0 Å². The molecule has 2 heterocycles. The summed E-state index contributed by atoms with van der Waals surface area (Å²) in [4.78, 5) is 13.1. The first-order valence-electron chi connectivity index (χ1n) is 11.5. The van der Waals surface area contributed by atoms with E-state index in [4.69, 9.17) is 23.7 Å². The second kappa shape index (κ2) is 10.8. The van der Waals surface area contributed by atoms with Crippen molar-refractivity contribution in [2.75, 3.05) is 40.0 Å². The fourth-order valence-corrected chi connectivity index (χ4v) is 4.61. The van der Waals surface area contributed by atoms with Gasteiger partial charge < -0.3 is 34.3 Å². The van der Waals surface area contributed by atoms with Crippen molar-refractivity contribution in [2.24, 2.45) is 5.92 Å². The van der Waals surface area contributed by atoms with Crippen molar-refractivity contribution in [3.8, 4) is 23.0 Å². The predicted molar refractivity (Wildman–Crippen MR) is 129 cm³/mol. The number of carbonyl (C=O) groups excluding carboxylic acids is 1. The molecule has 0 saturated carbocycles. The summed E-state index contributed by atoms with van der Waals surface area (Å²) in [5.74, 6) is 2.11. The average Bonchev–Trinajstić information content (AvgIpc) is 3.55. The monoisotopic (exact) mass is 469 g/mol. The molecular formula is C26H33N2O6+. The predicted octanol–water partition coefficient (Wildman–Crippen LogP) is 2.92. The number of carbonyl (C=O) groups is 1. The van der Waals surface area contributed by atoms with Crippen LogP contribution in [0.2, 0.25) is 0 Å². The highest BCUT2D eigenvalue weighted by Gasteiger charge is 2.36. The van der Waals surface area contributed by atoms with E-state index in [0.29, 0.717) is 34.7 Å². The van der Waals surface area contributed by atoms with E-state index in [2.05, 4.69) is 10.6 Å².